The third kappa shape index (κ3) is 4.03. The van der Waals surface area contributed by atoms with E-state index in [1.807, 2.05) is 30.3 Å². The highest BCUT2D eigenvalue weighted by Gasteiger charge is 2.18. The quantitative estimate of drug-likeness (QED) is 0.634. The highest BCUT2D eigenvalue weighted by atomic mass is 19.2. The number of hydrogen-bond acceptors (Lipinski definition) is 2. The summed E-state index contributed by atoms with van der Waals surface area (Å²) in [6.07, 6.45) is 0. The number of carbonyl (C=O) groups is 1. The lowest BCUT2D eigenvalue weighted by atomic mass is 10.1. The molecule has 3 rings (SSSR count). The maximum atomic E-state index is 13.7. The normalized spacial score (nSPS) is 10.4. The molecule has 0 unspecified atom stereocenters. The first kappa shape index (κ1) is 17.5. The smallest absolute Gasteiger partial charge is 0.258 e. The minimum Gasteiger partial charge on any atom is -0.381 e. The summed E-state index contributed by atoms with van der Waals surface area (Å²) in [5, 5.41) is 5.68. The third-order valence-corrected chi connectivity index (χ3v) is 3.76. The van der Waals surface area contributed by atoms with Gasteiger partial charge in [-0.2, -0.15) is 0 Å². The Labute approximate surface area is 148 Å². The van der Waals surface area contributed by atoms with E-state index in [-0.39, 0.29) is 0 Å². The minimum absolute atomic E-state index is 0.407. The van der Waals surface area contributed by atoms with Crippen LogP contribution in [0.4, 0.5) is 24.5 Å². The predicted octanol–water partition coefficient (Wildman–Crippen LogP) is 4.97. The lowest BCUT2D eigenvalue weighted by Gasteiger charge is -2.09. The molecule has 0 heterocycles. The summed E-state index contributed by atoms with van der Waals surface area (Å²) >= 11 is 0. The van der Waals surface area contributed by atoms with E-state index in [9.17, 15) is 18.0 Å². The van der Waals surface area contributed by atoms with Gasteiger partial charge in [0.25, 0.3) is 5.91 Å². The molecule has 0 saturated carbocycles. The molecule has 3 nitrogen and oxygen atoms in total. The van der Waals surface area contributed by atoms with E-state index in [2.05, 4.69) is 10.6 Å². The number of hydrogen-bond donors (Lipinski definition) is 2. The second-order valence-corrected chi connectivity index (χ2v) is 5.59. The van der Waals surface area contributed by atoms with Gasteiger partial charge >= 0.3 is 0 Å². The number of benzene rings is 3. The number of carbonyl (C=O) groups excluding carboxylic acids is 1. The summed E-state index contributed by atoms with van der Waals surface area (Å²) in [5.74, 6) is -5.37. The van der Waals surface area contributed by atoms with Crippen molar-refractivity contribution in [1.29, 1.82) is 0 Å². The van der Waals surface area contributed by atoms with Crippen molar-refractivity contribution in [3.63, 3.8) is 0 Å². The van der Waals surface area contributed by atoms with Crippen LogP contribution in [0, 0.1) is 17.5 Å². The Morgan fingerprint density at radius 1 is 0.769 bits per heavy atom. The first-order chi connectivity index (χ1) is 12.5. The zero-order valence-electron chi connectivity index (χ0n) is 13.6. The molecule has 0 aliphatic carbocycles. The van der Waals surface area contributed by atoms with Gasteiger partial charge in [-0.1, -0.05) is 30.3 Å². The fraction of sp³-hybridized carbons (Fsp3) is 0.0500. The van der Waals surface area contributed by atoms with Crippen LogP contribution < -0.4 is 10.6 Å². The molecule has 0 spiro atoms. The Kier molecular flexibility index (Phi) is 5.22. The van der Waals surface area contributed by atoms with Crippen molar-refractivity contribution >= 4 is 17.3 Å². The van der Waals surface area contributed by atoms with Crippen molar-refractivity contribution in [3.05, 3.63) is 95.3 Å². The van der Waals surface area contributed by atoms with E-state index in [0.717, 1.165) is 17.3 Å². The van der Waals surface area contributed by atoms with Crippen molar-refractivity contribution in [2.24, 2.45) is 0 Å². The van der Waals surface area contributed by atoms with Crippen LogP contribution in [0.25, 0.3) is 0 Å². The average molecular weight is 356 g/mol. The fourth-order valence-electron chi connectivity index (χ4n) is 2.37. The first-order valence-corrected chi connectivity index (χ1v) is 7.87. The molecular formula is C20H15F3N2O. The maximum Gasteiger partial charge on any atom is 0.258 e. The summed E-state index contributed by atoms with van der Waals surface area (Å²) in [6, 6.07) is 18.2. The van der Waals surface area contributed by atoms with E-state index in [1.165, 1.54) is 0 Å². The molecule has 0 aliphatic heterocycles. The zero-order valence-corrected chi connectivity index (χ0v) is 13.6. The Balaban J connectivity index is 1.64. The van der Waals surface area contributed by atoms with Gasteiger partial charge in [0.2, 0.25) is 0 Å². The molecule has 6 heteroatoms. The molecular weight excluding hydrogens is 341 g/mol. The topological polar surface area (TPSA) is 41.1 Å². The number of nitrogens with one attached hydrogen (secondary N) is 2. The molecule has 0 bridgehead atoms. The molecule has 3 aromatic rings. The van der Waals surface area contributed by atoms with E-state index in [1.54, 1.807) is 24.3 Å². The summed E-state index contributed by atoms with van der Waals surface area (Å²) in [5.41, 5.74) is 1.81. The first-order valence-electron chi connectivity index (χ1n) is 7.87. The van der Waals surface area contributed by atoms with E-state index in [0.29, 0.717) is 18.3 Å². The number of anilines is 2. The van der Waals surface area contributed by atoms with Gasteiger partial charge in [-0.25, -0.2) is 13.2 Å². The van der Waals surface area contributed by atoms with Crippen molar-refractivity contribution in [2.45, 2.75) is 6.54 Å². The molecule has 0 fully saturated rings. The van der Waals surface area contributed by atoms with Crippen LogP contribution in [0.3, 0.4) is 0 Å². The molecule has 132 valence electrons. The van der Waals surface area contributed by atoms with Gasteiger partial charge in [-0.15, -0.1) is 0 Å². The Morgan fingerprint density at radius 3 is 2.12 bits per heavy atom. The predicted molar refractivity (Wildman–Crippen MR) is 94.5 cm³/mol. The number of halogens is 3. The molecule has 2 N–H and O–H groups in total. The lowest BCUT2D eigenvalue weighted by molar-refractivity contribution is 0.102. The molecule has 1 amide bonds. The van der Waals surface area contributed by atoms with Gasteiger partial charge in [0.05, 0.1) is 5.56 Å². The van der Waals surface area contributed by atoms with Gasteiger partial charge in [0, 0.05) is 17.9 Å². The van der Waals surface area contributed by atoms with Gasteiger partial charge in [0.15, 0.2) is 17.5 Å². The van der Waals surface area contributed by atoms with Crippen LogP contribution in [0.5, 0.6) is 0 Å². The molecule has 0 radical (unpaired) electrons. The van der Waals surface area contributed by atoms with Crippen molar-refractivity contribution in [1.82, 2.24) is 0 Å². The highest BCUT2D eigenvalue weighted by molar-refractivity contribution is 6.04. The second-order valence-electron chi connectivity index (χ2n) is 5.59. The van der Waals surface area contributed by atoms with Gasteiger partial charge in [-0.05, 0) is 42.0 Å². The highest BCUT2D eigenvalue weighted by Crippen LogP contribution is 2.19. The van der Waals surface area contributed by atoms with Crippen molar-refractivity contribution in [3.8, 4) is 0 Å². The van der Waals surface area contributed by atoms with Crippen molar-refractivity contribution in [2.75, 3.05) is 10.6 Å². The molecule has 0 aliphatic rings. The minimum atomic E-state index is -1.67. The fourth-order valence-corrected chi connectivity index (χ4v) is 2.37. The largest absolute Gasteiger partial charge is 0.381 e. The zero-order chi connectivity index (χ0) is 18.5. The van der Waals surface area contributed by atoms with Gasteiger partial charge < -0.3 is 10.6 Å². The molecule has 0 saturated heterocycles. The maximum absolute atomic E-state index is 13.7. The molecule has 0 aromatic heterocycles. The van der Waals surface area contributed by atoms with Crippen LogP contribution in [-0.2, 0) is 6.54 Å². The number of amides is 1. The molecule has 3 aromatic carbocycles. The SMILES string of the molecule is O=C(Nc1ccc(NCc2ccccc2)cc1)c1ccc(F)c(F)c1F. The van der Waals surface area contributed by atoms with Crippen LogP contribution in [0.15, 0.2) is 66.7 Å². The summed E-state index contributed by atoms with van der Waals surface area (Å²) < 4.78 is 39.8. The van der Waals surface area contributed by atoms with E-state index >= 15 is 0 Å². The van der Waals surface area contributed by atoms with Crippen LogP contribution in [0.2, 0.25) is 0 Å². The Bertz CT molecular complexity index is 912. The van der Waals surface area contributed by atoms with Crippen LogP contribution in [0.1, 0.15) is 15.9 Å². The van der Waals surface area contributed by atoms with Crippen LogP contribution >= 0.6 is 0 Å². The Hall–Kier alpha value is -3.28. The van der Waals surface area contributed by atoms with Crippen LogP contribution in [-0.4, -0.2) is 5.91 Å². The van der Waals surface area contributed by atoms with Crippen molar-refractivity contribution < 1.29 is 18.0 Å². The third-order valence-electron chi connectivity index (χ3n) is 3.76. The lowest BCUT2D eigenvalue weighted by Crippen LogP contribution is -2.15. The summed E-state index contributed by atoms with van der Waals surface area (Å²) in [6.45, 7) is 0.645. The molecule has 26 heavy (non-hydrogen) atoms. The van der Waals surface area contributed by atoms with Gasteiger partial charge in [-0.3, -0.25) is 4.79 Å². The monoisotopic (exact) mass is 356 g/mol. The van der Waals surface area contributed by atoms with Gasteiger partial charge in [0.1, 0.15) is 0 Å². The summed E-state index contributed by atoms with van der Waals surface area (Å²) in [7, 11) is 0. The number of rotatable bonds is 5. The molecule has 0 atom stereocenters. The second kappa shape index (κ2) is 7.74. The van der Waals surface area contributed by atoms with E-state index < -0.39 is 28.9 Å². The summed E-state index contributed by atoms with van der Waals surface area (Å²) in [4.78, 5) is 12.0. The average Bonchev–Trinajstić information content (AvgIpc) is 2.66. The van der Waals surface area contributed by atoms with E-state index in [4.69, 9.17) is 0 Å². The standard InChI is InChI=1S/C20H15F3N2O/c21-17-11-10-16(18(22)19(17)23)20(26)25-15-8-6-14(7-9-15)24-12-13-4-2-1-3-5-13/h1-11,24H,12H2,(H,25,26). The Morgan fingerprint density at radius 2 is 1.42 bits per heavy atom.